The highest BCUT2D eigenvalue weighted by Gasteiger charge is 2.09. The van der Waals surface area contributed by atoms with Crippen molar-refractivity contribution in [2.24, 2.45) is 0 Å². The maximum absolute atomic E-state index is 11.8. The Bertz CT molecular complexity index is 393. The Balaban J connectivity index is 2.58. The van der Waals surface area contributed by atoms with E-state index in [0.29, 0.717) is 17.1 Å². The van der Waals surface area contributed by atoms with E-state index in [0.717, 1.165) is 12.1 Å². The van der Waals surface area contributed by atoms with Gasteiger partial charge in [0.25, 0.3) is 0 Å². The lowest BCUT2D eigenvalue weighted by Crippen LogP contribution is -2.30. The number of hydrogen-bond donors (Lipinski definition) is 2. The average molecular weight is 255 g/mol. The highest BCUT2D eigenvalue weighted by Crippen LogP contribution is 2.22. The Labute approximate surface area is 108 Å². The molecule has 0 saturated carbocycles. The molecule has 0 aliphatic rings. The molecule has 0 heterocycles. The van der Waals surface area contributed by atoms with Crippen LogP contribution in [0, 0.1) is 6.92 Å². The van der Waals surface area contributed by atoms with E-state index in [1.165, 1.54) is 0 Å². The van der Waals surface area contributed by atoms with Crippen molar-refractivity contribution in [1.82, 2.24) is 5.32 Å². The van der Waals surface area contributed by atoms with Crippen LogP contribution < -0.4 is 10.6 Å². The smallest absolute Gasteiger partial charge is 0.225 e. The second-order valence-corrected chi connectivity index (χ2v) is 4.60. The van der Waals surface area contributed by atoms with E-state index >= 15 is 0 Å². The third kappa shape index (κ3) is 4.75. The first kappa shape index (κ1) is 14.0. The van der Waals surface area contributed by atoms with Crippen LogP contribution in [0.5, 0.6) is 0 Å². The normalized spacial score (nSPS) is 12.2. The summed E-state index contributed by atoms with van der Waals surface area (Å²) >= 11 is 6.01. The number of benzene rings is 1. The lowest BCUT2D eigenvalue weighted by molar-refractivity contribution is -0.116. The first-order valence-corrected chi connectivity index (χ1v) is 6.20. The number of hydrogen-bond acceptors (Lipinski definition) is 2. The van der Waals surface area contributed by atoms with Gasteiger partial charge in [-0.1, -0.05) is 24.6 Å². The Morgan fingerprint density at radius 2 is 2.18 bits per heavy atom. The van der Waals surface area contributed by atoms with Crippen LogP contribution in [-0.4, -0.2) is 18.5 Å². The van der Waals surface area contributed by atoms with Crippen molar-refractivity contribution < 1.29 is 4.79 Å². The van der Waals surface area contributed by atoms with Crippen molar-refractivity contribution in [2.45, 2.75) is 33.2 Å². The molecule has 1 rings (SSSR count). The lowest BCUT2D eigenvalue weighted by Gasteiger charge is -2.13. The molecule has 1 atom stereocenters. The largest absolute Gasteiger partial charge is 0.325 e. The van der Waals surface area contributed by atoms with E-state index in [2.05, 4.69) is 10.6 Å². The van der Waals surface area contributed by atoms with Gasteiger partial charge in [-0.15, -0.1) is 0 Å². The number of aryl methyl sites for hydroxylation is 1. The summed E-state index contributed by atoms with van der Waals surface area (Å²) in [5.41, 5.74) is 1.75. The van der Waals surface area contributed by atoms with E-state index in [4.69, 9.17) is 11.6 Å². The van der Waals surface area contributed by atoms with Gasteiger partial charge in [0, 0.05) is 12.5 Å². The maximum atomic E-state index is 11.8. The van der Waals surface area contributed by atoms with Crippen molar-refractivity contribution in [3.63, 3.8) is 0 Å². The number of carbonyl (C=O) groups is 1. The molecule has 17 heavy (non-hydrogen) atoms. The lowest BCUT2D eigenvalue weighted by atomic mass is 10.2. The molecule has 0 aliphatic heterocycles. The van der Waals surface area contributed by atoms with E-state index in [1.807, 2.05) is 32.9 Å². The van der Waals surface area contributed by atoms with Crippen molar-refractivity contribution in [3.8, 4) is 0 Å². The van der Waals surface area contributed by atoms with Crippen molar-refractivity contribution in [2.75, 3.05) is 11.9 Å². The molecule has 1 aromatic rings. The highest BCUT2D eigenvalue weighted by molar-refractivity contribution is 6.33. The Hall–Kier alpha value is -1.06. The van der Waals surface area contributed by atoms with Crippen LogP contribution in [0.15, 0.2) is 18.2 Å². The molecular formula is C13H19ClN2O. The summed E-state index contributed by atoms with van der Waals surface area (Å²) in [6.07, 6.45) is 0.443. The van der Waals surface area contributed by atoms with Crippen LogP contribution in [0.4, 0.5) is 5.69 Å². The number of amides is 1. The third-order valence-corrected chi connectivity index (χ3v) is 2.77. The Morgan fingerprint density at radius 3 is 2.82 bits per heavy atom. The molecule has 1 aromatic carbocycles. The van der Waals surface area contributed by atoms with Gasteiger partial charge in [-0.25, -0.2) is 0 Å². The van der Waals surface area contributed by atoms with Gasteiger partial charge in [0.1, 0.15) is 0 Å². The second-order valence-electron chi connectivity index (χ2n) is 4.19. The standard InChI is InChI=1S/C13H19ClN2O/c1-4-15-10(3)8-13(17)16-12-7-9(2)5-6-11(12)14/h5-7,10,15H,4,8H2,1-3H3,(H,16,17). The summed E-state index contributed by atoms with van der Waals surface area (Å²) in [6, 6.07) is 5.75. The molecule has 0 bridgehead atoms. The molecule has 0 radical (unpaired) electrons. The highest BCUT2D eigenvalue weighted by atomic mass is 35.5. The molecule has 0 aromatic heterocycles. The predicted octanol–water partition coefficient (Wildman–Crippen LogP) is 2.98. The van der Waals surface area contributed by atoms with Crippen LogP contribution in [0.1, 0.15) is 25.8 Å². The van der Waals surface area contributed by atoms with Crippen LogP contribution in [0.2, 0.25) is 5.02 Å². The van der Waals surface area contributed by atoms with Gasteiger partial charge < -0.3 is 10.6 Å². The van der Waals surface area contributed by atoms with Gasteiger partial charge in [-0.3, -0.25) is 4.79 Å². The first-order chi connectivity index (χ1) is 8.02. The molecule has 0 fully saturated rings. The summed E-state index contributed by atoms with van der Waals surface area (Å²) in [5.74, 6) is -0.0223. The molecule has 94 valence electrons. The molecule has 2 N–H and O–H groups in total. The van der Waals surface area contributed by atoms with Crippen molar-refractivity contribution >= 4 is 23.2 Å². The van der Waals surface area contributed by atoms with E-state index in [9.17, 15) is 4.79 Å². The minimum Gasteiger partial charge on any atom is -0.325 e. The zero-order valence-corrected chi connectivity index (χ0v) is 11.3. The van der Waals surface area contributed by atoms with Crippen LogP contribution in [-0.2, 0) is 4.79 Å². The van der Waals surface area contributed by atoms with Crippen molar-refractivity contribution in [3.05, 3.63) is 28.8 Å². The van der Waals surface area contributed by atoms with Gasteiger partial charge in [0.15, 0.2) is 0 Å². The summed E-state index contributed by atoms with van der Waals surface area (Å²) in [7, 11) is 0. The number of rotatable bonds is 5. The second kappa shape index (κ2) is 6.62. The summed E-state index contributed by atoms with van der Waals surface area (Å²) < 4.78 is 0. The summed E-state index contributed by atoms with van der Waals surface area (Å²) in [4.78, 5) is 11.8. The zero-order valence-electron chi connectivity index (χ0n) is 10.5. The molecule has 3 nitrogen and oxygen atoms in total. The van der Waals surface area contributed by atoms with E-state index in [-0.39, 0.29) is 11.9 Å². The van der Waals surface area contributed by atoms with Crippen LogP contribution in [0.3, 0.4) is 0 Å². The summed E-state index contributed by atoms with van der Waals surface area (Å²) in [5, 5.41) is 6.59. The monoisotopic (exact) mass is 254 g/mol. The Kier molecular flexibility index (Phi) is 5.45. The fourth-order valence-corrected chi connectivity index (χ4v) is 1.80. The Morgan fingerprint density at radius 1 is 1.47 bits per heavy atom. The molecule has 1 amide bonds. The average Bonchev–Trinajstić information content (AvgIpc) is 2.23. The molecule has 0 aliphatic carbocycles. The maximum Gasteiger partial charge on any atom is 0.225 e. The topological polar surface area (TPSA) is 41.1 Å². The van der Waals surface area contributed by atoms with Crippen molar-refractivity contribution in [1.29, 1.82) is 0 Å². The molecule has 0 saturated heterocycles. The summed E-state index contributed by atoms with van der Waals surface area (Å²) in [6.45, 7) is 6.83. The molecule has 0 spiro atoms. The van der Waals surface area contributed by atoms with Gasteiger partial charge in [-0.2, -0.15) is 0 Å². The number of anilines is 1. The fraction of sp³-hybridized carbons (Fsp3) is 0.462. The van der Waals surface area contributed by atoms with E-state index < -0.39 is 0 Å². The number of nitrogens with one attached hydrogen (secondary N) is 2. The van der Waals surface area contributed by atoms with Crippen LogP contribution in [0.25, 0.3) is 0 Å². The minimum absolute atomic E-state index is 0.0223. The number of halogens is 1. The van der Waals surface area contributed by atoms with E-state index in [1.54, 1.807) is 6.07 Å². The molecule has 1 unspecified atom stereocenters. The first-order valence-electron chi connectivity index (χ1n) is 5.82. The fourth-order valence-electron chi connectivity index (χ4n) is 1.63. The third-order valence-electron chi connectivity index (χ3n) is 2.44. The predicted molar refractivity (Wildman–Crippen MR) is 72.6 cm³/mol. The van der Waals surface area contributed by atoms with Gasteiger partial charge in [0.05, 0.1) is 10.7 Å². The number of carbonyl (C=O) groups excluding carboxylic acids is 1. The minimum atomic E-state index is -0.0223. The zero-order chi connectivity index (χ0) is 12.8. The van der Waals surface area contributed by atoms with Crippen LogP contribution >= 0.6 is 11.6 Å². The van der Waals surface area contributed by atoms with Gasteiger partial charge in [0.2, 0.25) is 5.91 Å². The molecule has 4 heteroatoms. The van der Waals surface area contributed by atoms with Gasteiger partial charge in [-0.05, 0) is 38.1 Å². The van der Waals surface area contributed by atoms with Gasteiger partial charge >= 0.3 is 0 Å². The SMILES string of the molecule is CCNC(C)CC(=O)Nc1cc(C)ccc1Cl. The quantitative estimate of drug-likeness (QED) is 0.848. The molecular weight excluding hydrogens is 236 g/mol.